The van der Waals surface area contributed by atoms with Gasteiger partial charge in [-0.3, -0.25) is 0 Å². The van der Waals surface area contributed by atoms with Crippen molar-refractivity contribution >= 4 is 12.0 Å². The van der Waals surface area contributed by atoms with Crippen molar-refractivity contribution in [3.05, 3.63) is 35.4 Å². The third-order valence-electron chi connectivity index (χ3n) is 1.55. The predicted molar refractivity (Wildman–Crippen MR) is 49.3 cm³/mol. The first kappa shape index (κ1) is 9.81. The van der Waals surface area contributed by atoms with Crippen molar-refractivity contribution in [2.24, 2.45) is 0 Å². The second-order valence-electron chi connectivity index (χ2n) is 2.57. The molecule has 0 radical (unpaired) electrons. The summed E-state index contributed by atoms with van der Waals surface area (Å²) < 4.78 is 0. The Kier molecular flexibility index (Phi) is 2.87. The summed E-state index contributed by atoms with van der Waals surface area (Å²) in [4.78, 5) is 10.5. The molecule has 0 bridgehead atoms. The number of nitrogens with zero attached hydrogens (tertiary/aromatic N) is 1. The van der Waals surface area contributed by atoms with Crippen LogP contribution in [0.2, 0.25) is 0 Å². The van der Waals surface area contributed by atoms with Gasteiger partial charge in [-0.2, -0.15) is 5.26 Å². The third kappa shape index (κ3) is 2.35. The van der Waals surface area contributed by atoms with Gasteiger partial charge in [0.1, 0.15) is 17.4 Å². The summed E-state index contributed by atoms with van der Waals surface area (Å²) in [5, 5.41) is 26.0. The highest BCUT2D eigenvalue weighted by Gasteiger charge is 2.04. The number of phenolic OH excluding ortho intramolecular Hbond substituents is 1. The second kappa shape index (κ2) is 4.10. The Morgan fingerprint density at radius 1 is 1.36 bits per heavy atom. The molecule has 0 aliphatic carbocycles. The summed E-state index contributed by atoms with van der Waals surface area (Å²) in [5.41, 5.74) is 0.220. The van der Waals surface area contributed by atoms with E-state index >= 15 is 0 Å². The van der Waals surface area contributed by atoms with Gasteiger partial charge in [-0.1, -0.05) is 12.1 Å². The maximum Gasteiger partial charge on any atom is 0.346 e. The van der Waals surface area contributed by atoms with Gasteiger partial charge in [-0.05, 0) is 23.8 Å². The molecule has 2 N–H and O–H groups in total. The summed E-state index contributed by atoms with van der Waals surface area (Å²) in [7, 11) is 0. The zero-order valence-electron chi connectivity index (χ0n) is 7.14. The first-order valence-corrected chi connectivity index (χ1v) is 3.77. The first-order chi connectivity index (χ1) is 6.63. The number of carboxylic acids is 1. The van der Waals surface area contributed by atoms with E-state index in [0.717, 1.165) is 0 Å². The Morgan fingerprint density at radius 2 is 1.93 bits per heavy atom. The van der Waals surface area contributed by atoms with Gasteiger partial charge in [0.15, 0.2) is 0 Å². The van der Waals surface area contributed by atoms with Crippen molar-refractivity contribution in [3.63, 3.8) is 0 Å². The van der Waals surface area contributed by atoms with Crippen LogP contribution in [0.5, 0.6) is 5.75 Å². The monoisotopic (exact) mass is 189 g/mol. The van der Waals surface area contributed by atoms with E-state index in [1.165, 1.54) is 30.3 Å². The van der Waals surface area contributed by atoms with Crippen LogP contribution in [0.15, 0.2) is 29.8 Å². The topological polar surface area (TPSA) is 81.3 Å². The van der Waals surface area contributed by atoms with E-state index in [1.807, 2.05) is 0 Å². The summed E-state index contributed by atoms with van der Waals surface area (Å²) in [6.45, 7) is 0. The van der Waals surface area contributed by atoms with Gasteiger partial charge in [0, 0.05) is 0 Å². The number of benzene rings is 1. The molecule has 0 fully saturated rings. The van der Waals surface area contributed by atoms with Gasteiger partial charge < -0.3 is 10.2 Å². The normalized spacial score (nSPS) is 10.6. The number of hydrogen-bond acceptors (Lipinski definition) is 3. The van der Waals surface area contributed by atoms with E-state index in [2.05, 4.69) is 0 Å². The number of hydrogen-bond donors (Lipinski definition) is 2. The van der Waals surface area contributed by atoms with Crippen molar-refractivity contribution in [1.82, 2.24) is 0 Å². The minimum Gasteiger partial charge on any atom is -0.508 e. The standard InChI is InChI=1S/C10H7NO3/c11-6-8(10(13)14)5-7-1-3-9(12)4-2-7/h1-5,12H,(H,13,14)/b8-5-. The van der Waals surface area contributed by atoms with Crippen LogP contribution >= 0.6 is 0 Å². The lowest BCUT2D eigenvalue weighted by molar-refractivity contribution is -0.132. The number of carbonyl (C=O) groups is 1. The number of phenols is 1. The van der Waals surface area contributed by atoms with Gasteiger partial charge in [0.25, 0.3) is 0 Å². The summed E-state index contributed by atoms with van der Waals surface area (Å²) >= 11 is 0. The van der Waals surface area contributed by atoms with E-state index < -0.39 is 5.97 Å². The molecule has 0 atom stereocenters. The maximum absolute atomic E-state index is 10.5. The highest BCUT2D eigenvalue weighted by atomic mass is 16.4. The van der Waals surface area contributed by atoms with E-state index in [4.69, 9.17) is 15.5 Å². The molecule has 70 valence electrons. The van der Waals surface area contributed by atoms with Crippen LogP contribution in [0, 0.1) is 11.3 Å². The van der Waals surface area contributed by atoms with Crippen molar-refractivity contribution < 1.29 is 15.0 Å². The molecule has 0 spiro atoms. The van der Waals surface area contributed by atoms with E-state index in [9.17, 15) is 4.79 Å². The van der Waals surface area contributed by atoms with Crippen molar-refractivity contribution in [2.45, 2.75) is 0 Å². The highest BCUT2D eigenvalue weighted by Crippen LogP contribution is 2.12. The maximum atomic E-state index is 10.5. The smallest absolute Gasteiger partial charge is 0.346 e. The summed E-state index contributed by atoms with van der Waals surface area (Å²) in [6.07, 6.45) is 1.24. The molecule has 0 aromatic heterocycles. The molecule has 0 amide bonds. The number of rotatable bonds is 2. The Morgan fingerprint density at radius 3 is 2.36 bits per heavy atom. The Labute approximate surface area is 80.3 Å². The lowest BCUT2D eigenvalue weighted by Gasteiger charge is -1.94. The zero-order valence-corrected chi connectivity index (χ0v) is 7.14. The molecule has 1 rings (SSSR count). The van der Waals surface area contributed by atoms with Crippen LogP contribution in [-0.4, -0.2) is 16.2 Å². The average molecular weight is 189 g/mol. The molecule has 0 aliphatic rings. The van der Waals surface area contributed by atoms with E-state index in [1.54, 1.807) is 6.07 Å². The Balaban J connectivity index is 3.03. The Hall–Kier alpha value is -2.28. The number of carboxylic acid groups (broad SMARTS) is 1. The van der Waals surface area contributed by atoms with Gasteiger partial charge in [-0.25, -0.2) is 4.79 Å². The minimum atomic E-state index is -1.26. The fourth-order valence-electron chi connectivity index (χ4n) is 0.879. The van der Waals surface area contributed by atoms with Crippen molar-refractivity contribution in [1.29, 1.82) is 5.26 Å². The van der Waals surface area contributed by atoms with Crippen LogP contribution in [0.3, 0.4) is 0 Å². The van der Waals surface area contributed by atoms with Crippen LogP contribution in [0.1, 0.15) is 5.56 Å². The van der Waals surface area contributed by atoms with Gasteiger partial charge in [-0.15, -0.1) is 0 Å². The highest BCUT2D eigenvalue weighted by molar-refractivity contribution is 5.96. The summed E-state index contributed by atoms with van der Waals surface area (Å²) in [5.74, 6) is -1.17. The molecule has 4 heteroatoms. The molecule has 0 saturated heterocycles. The van der Waals surface area contributed by atoms with E-state index in [-0.39, 0.29) is 11.3 Å². The molecule has 14 heavy (non-hydrogen) atoms. The first-order valence-electron chi connectivity index (χ1n) is 3.77. The molecule has 0 heterocycles. The van der Waals surface area contributed by atoms with Gasteiger partial charge in [0.2, 0.25) is 0 Å². The molecule has 4 nitrogen and oxygen atoms in total. The largest absolute Gasteiger partial charge is 0.508 e. The number of aromatic hydroxyl groups is 1. The minimum absolute atomic E-state index is 0.0935. The molecule has 0 saturated carbocycles. The van der Waals surface area contributed by atoms with Crippen molar-refractivity contribution in [3.8, 4) is 11.8 Å². The summed E-state index contributed by atoms with van der Waals surface area (Å²) in [6, 6.07) is 7.45. The zero-order chi connectivity index (χ0) is 10.6. The molecular weight excluding hydrogens is 182 g/mol. The lowest BCUT2D eigenvalue weighted by Crippen LogP contribution is -1.97. The molecule has 0 unspecified atom stereocenters. The molecule has 1 aromatic rings. The van der Waals surface area contributed by atoms with Gasteiger partial charge in [0.05, 0.1) is 0 Å². The number of nitriles is 1. The third-order valence-corrected chi connectivity index (χ3v) is 1.55. The second-order valence-corrected chi connectivity index (χ2v) is 2.57. The van der Waals surface area contributed by atoms with Crippen LogP contribution < -0.4 is 0 Å². The van der Waals surface area contributed by atoms with Crippen LogP contribution in [-0.2, 0) is 4.79 Å². The van der Waals surface area contributed by atoms with Crippen molar-refractivity contribution in [2.75, 3.05) is 0 Å². The molecular formula is C10H7NO3. The number of aliphatic carboxylic acids is 1. The fraction of sp³-hybridized carbons (Fsp3) is 0. The molecule has 1 aromatic carbocycles. The van der Waals surface area contributed by atoms with Crippen LogP contribution in [0.25, 0.3) is 6.08 Å². The van der Waals surface area contributed by atoms with Crippen LogP contribution in [0.4, 0.5) is 0 Å². The average Bonchev–Trinajstić information content (AvgIpc) is 2.16. The fourth-order valence-corrected chi connectivity index (χ4v) is 0.879. The predicted octanol–water partition coefficient (Wildman–Crippen LogP) is 1.38. The SMILES string of the molecule is N#C/C(=C/c1ccc(O)cc1)C(=O)O. The van der Waals surface area contributed by atoms with E-state index in [0.29, 0.717) is 5.56 Å². The Bertz CT molecular complexity index is 412. The molecule has 0 aliphatic heterocycles. The van der Waals surface area contributed by atoms with Gasteiger partial charge >= 0.3 is 5.97 Å². The quantitative estimate of drug-likeness (QED) is 0.544. The lowest BCUT2D eigenvalue weighted by atomic mass is 10.1.